The topological polar surface area (TPSA) is 66.9 Å². The molecule has 1 amide bonds. The highest BCUT2D eigenvalue weighted by Gasteiger charge is 2.31. The molecule has 0 fully saturated rings. The SMILES string of the molecule is CC[C@H](Oc1ccc(C)cc1)C(=O)N1CCc2cc(S(=O)(=O)N(C)C)ccc21. The second kappa shape index (κ2) is 7.93. The van der Waals surface area contributed by atoms with Crippen molar-refractivity contribution in [3.63, 3.8) is 0 Å². The Labute approximate surface area is 166 Å². The van der Waals surface area contributed by atoms with Gasteiger partial charge in [0.2, 0.25) is 10.0 Å². The number of aryl methyl sites for hydroxylation is 1. The Hall–Kier alpha value is -2.38. The quantitative estimate of drug-likeness (QED) is 0.745. The van der Waals surface area contributed by atoms with Gasteiger partial charge >= 0.3 is 0 Å². The molecule has 0 saturated heterocycles. The molecule has 1 aliphatic rings. The van der Waals surface area contributed by atoms with Gasteiger partial charge in [0.15, 0.2) is 6.10 Å². The number of amides is 1. The molecule has 0 saturated carbocycles. The second-order valence-corrected chi connectivity index (χ2v) is 9.30. The fourth-order valence-corrected chi connectivity index (χ4v) is 4.19. The highest BCUT2D eigenvalue weighted by Crippen LogP contribution is 2.32. The van der Waals surface area contributed by atoms with Crippen molar-refractivity contribution >= 4 is 21.6 Å². The van der Waals surface area contributed by atoms with E-state index in [-0.39, 0.29) is 10.8 Å². The van der Waals surface area contributed by atoms with E-state index in [2.05, 4.69) is 0 Å². The van der Waals surface area contributed by atoms with Crippen LogP contribution < -0.4 is 9.64 Å². The minimum absolute atomic E-state index is 0.106. The number of sulfonamides is 1. The third-order valence-corrected chi connectivity index (χ3v) is 6.75. The van der Waals surface area contributed by atoms with E-state index >= 15 is 0 Å². The van der Waals surface area contributed by atoms with E-state index in [0.29, 0.717) is 25.1 Å². The number of hydrogen-bond acceptors (Lipinski definition) is 4. The Morgan fingerprint density at radius 2 is 1.86 bits per heavy atom. The van der Waals surface area contributed by atoms with E-state index in [9.17, 15) is 13.2 Å². The van der Waals surface area contributed by atoms with Crippen molar-refractivity contribution in [2.75, 3.05) is 25.5 Å². The molecule has 28 heavy (non-hydrogen) atoms. The Morgan fingerprint density at radius 1 is 1.18 bits per heavy atom. The first kappa shape index (κ1) is 20.4. The maximum Gasteiger partial charge on any atom is 0.268 e. The monoisotopic (exact) mass is 402 g/mol. The summed E-state index contributed by atoms with van der Waals surface area (Å²) in [6.45, 7) is 4.44. The predicted octanol–water partition coefficient (Wildman–Crippen LogP) is 2.99. The molecule has 1 atom stereocenters. The molecule has 1 aliphatic heterocycles. The third kappa shape index (κ3) is 3.91. The summed E-state index contributed by atoms with van der Waals surface area (Å²) in [6, 6.07) is 12.6. The van der Waals surface area contributed by atoms with E-state index in [1.807, 2.05) is 38.1 Å². The standard InChI is InChI=1S/C21H26N2O4S/c1-5-20(27-17-8-6-15(2)7-9-17)21(24)23-13-12-16-14-18(10-11-19(16)23)28(25,26)22(3)4/h6-11,14,20H,5,12-13H2,1-4H3/t20-/m0/s1. The lowest BCUT2D eigenvalue weighted by Gasteiger charge is -2.24. The lowest BCUT2D eigenvalue weighted by molar-refractivity contribution is -0.125. The Morgan fingerprint density at radius 3 is 2.46 bits per heavy atom. The molecule has 0 aromatic heterocycles. The van der Waals surface area contributed by atoms with Crippen LogP contribution >= 0.6 is 0 Å². The maximum absolute atomic E-state index is 13.1. The molecular weight excluding hydrogens is 376 g/mol. The summed E-state index contributed by atoms with van der Waals surface area (Å²) in [5.41, 5.74) is 2.75. The van der Waals surface area contributed by atoms with Gasteiger partial charge in [0.25, 0.3) is 5.91 Å². The molecule has 0 bridgehead atoms. The van der Waals surface area contributed by atoms with E-state index in [1.54, 1.807) is 23.1 Å². The Bertz CT molecular complexity index is 968. The molecule has 150 valence electrons. The zero-order valence-electron chi connectivity index (χ0n) is 16.7. The Balaban J connectivity index is 1.82. The van der Waals surface area contributed by atoms with Crippen LogP contribution in [0.3, 0.4) is 0 Å². The number of benzene rings is 2. The summed E-state index contributed by atoms with van der Waals surface area (Å²) in [5, 5.41) is 0. The number of fused-ring (bicyclic) bond motifs is 1. The van der Waals surface area contributed by atoms with Gasteiger partial charge in [-0.15, -0.1) is 0 Å². The van der Waals surface area contributed by atoms with Gasteiger partial charge in [0.05, 0.1) is 4.90 Å². The number of carbonyl (C=O) groups excluding carboxylic acids is 1. The summed E-state index contributed by atoms with van der Waals surface area (Å²) < 4.78 is 31.8. The zero-order valence-corrected chi connectivity index (χ0v) is 17.5. The van der Waals surface area contributed by atoms with Crippen molar-refractivity contribution in [2.24, 2.45) is 0 Å². The van der Waals surface area contributed by atoms with Gasteiger partial charge in [-0.3, -0.25) is 4.79 Å². The number of rotatable bonds is 6. The third-order valence-electron chi connectivity index (χ3n) is 4.94. The first-order valence-corrected chi connectivity index (χ1v) is 10.8. The van der Waals surface area contributed by atoms with Gasteiger partial charge in [0.1, 0.15) is 5.75 Å². The second-order valence-electron chi connectivity index (χ2n) is 7.15. The highest BCUT2D eigenvalue weighted by atomic mass is 32.2. The summed E-state index contributed by atoms with van der Waals surface area (Å²) in [6.07, 6.45) is 0.587. The summed E-state index contributed by atoms with van der Waals surface area (Å²) >= 11 is 0. The van der Waals surface area contributed by atoms with Gasteiger partial charge in [0, 0.05) is 26.3 Å². The van der Waals surface area contributed by atoms with Crippen molar-refractivity contribution in [1.29, 1.82) is 0 Å². The van der Waals surface area contributed by atoms with Crippen LogP contribution in [0.2, 0.25) is 0 Å². The average Bonchev–Trinajstić information content (AvgIpc) is 3.10. The first-order valence-electron chi connectivity index (χ1n) is 9.34. The van der Waals surface area contributed by atoms with Gasteiger partial charge in [-0.1, -0.05) is 24.6 Å². The molecule has 0 aliphatic carbocycles. The zero-order chi connectivity index (χ0) is 20.5. The summed E-state index contributed by atoms with van der Waals surface area (Å²) in [7, 11) is -0.483. The van der Waals surface area contributed by atoms with Crippen LogP contribution in [0, 0.1) is 6.92 Å². The lowest BCUT2D eigenvalue weighted by atomic mass is 10.1. The maximum atomic E-state index is 13.1. The Kier molecular flexibility index (Phi) is 5.76. The van der Waals surface area contributed by atoms with Crippen LogP contribution in [-0.4, -0.2) is 45.4 Å². The normalized spacial score (nSPS) is 14.8. The molecule has 6 nitrogen and oxygen atoms in total. The van der Waals surface area contributed by atoms with E-state index < -0.39 is 16.1 Å². The van der Waals surface area contributed by atoms with Crippen LogP contribution in [0.15, 0.2) is 47.4 Å². The van der Waals surface area contributed by atoms with Gasteiger partial charge in [-0.25, -0.2) is 12.7 Å². The highest BCUT2D eigenvalue weighted by molar-refractivity contribution is 7.89. The molecule has 0 spiro atoms. The fourth-order valence-electron chi connectivity index (χ4n) is 3.24. The van der Waals surface area contributed by atoms with E-state index in [4.69, 9.17) is 4.74 Å². The van der Waals surface area contributed by atoms with Gasteiger partial charge < -0.3 is 9.64 Å². The van der Waals surface area contributed by atoms with Crippen LogP contribution in [-0.2, 0) is 21.2 Å². The first-order chi connectivity index (χ1) is 13.2. The number of anilines is 1. The molecule has 1 heterocycles. The molecular formula is C21H26N2O4S. The van der Waals surface area contributed by atoms with Crippen molar-refractivity contribution in [3.05, 3.63) is 53.6 Å². The number of hydrogen-bond donors (Lipinski definition) is 0. The smallest absolute Gasteiger partial charge is 0.268 e. The van der Waals surface area contributed by atoms with Crippen molar-refractivity contribution in [2.45, 2.75) is 37.7 Å². The van der Waals surface area contributed by atoms with Crippen LogP contribution in [0.1, 0.15) is 24.5 Å². The van der Waals surface area contributed by atoms with Crippen molar-refractivity contribution < 1.29 is 17.9 Å². The van der Waals surface area contributed by atoms with E-state index in [1.165, 1.54) is 18.4 Å². The van der Waals surface area contributed by atoms with Crippen LogP contribution in [0.4, 0.5) is 5.69 Å². The van der Waals surface area contributed by atoms with Crippen LogP contribution in [0.5, 0.6) is 5.75 Å². The molecule has 2 aromatic carbocycles. The van der Waals surface area contributed by atoms with Crippen LogP contribution in [0.25, 0.3) is 0 Å². The lowest BCUT2D eigenvalue weighted by Crippen LogP contribution is -2.41. The minimum atomic E-state index is -3.50. The van der Waals surface area contributed by atoms with E-state index in [0.717, 1.165) is 16.8 Å². The number of ether oxygens (including phenoxy) is 1. The largest absolute Gasteiger partial charge is 0.481 e. The molecule has 0 radical (unpaired) electrons. The predicted molar refractivity (Wildman–Crippen MR) is 109 cm³/mol. The average molecular weight is 403 g/mol. The summed E-state index contributed by atoms with van der Waals surface area (Å²) in [5.74, 6) is 0.558. The molecule has 7 heteroatoms. The molecule has 0 N–H and O–H groups in total. The van der Waals surface area contributed by atoms with Crippen molar-refractivity contribution in [1.82, 2.24) is 4.31 Å². The van der Waals surface area contributed by atoms with Gasteiger partial charge in [-0.2, -0.15) is 0 Å². The fraction of sp³-hybridized carbons (Fsp3) is 0.381. The molecule has 2 aromatic rings. The molecule has 0 unspecified atom stereocenters. The molecule has 3 rings (SSSR count). The number of carbonyl (C=O) groups is 1. The summed E-state index contributed by atoms with van der Waals surface area (Å²) in [4.78, 5) is 15.0. The van der Waals surface area contributed by atoms with Crippen molar-refractivity contribution in [3.8, 4) is 5.75 Å². The number of nitrogens with zero attached hydrogens (tertiary/aromatic N) is 2. The minimum Gasteiger partial charge on any atom is -0.481 e. The van der Waals surface area contributed by atoms with Gasteiger partial charge in [-0.05, 0) is 55.7 Å².